The lowest BCUT2D eigenvalue weighted by Crippen LogP contribution is -2.26. The number of nitrogens with one attached hydrogen (secondary N) is 1. The van der Waals surface area contributed by atoms with Crippen LogP contribution in [0.25, 0.3) is 0 Å². The van der Waals surface area contributed by atoms with Crippen LogP contribution < -0.4 is 14.2 Å². The molecule has 1 saturated heterocycles. The number of hydrogen-bond acceptors (Lipinski definition) is 6. The van der Waals surface area contributed by atoms with E-state index in [0.717, 1.165) is 0 Å². The first-order chi connectivity index (χ1) is 10.4. The highest BCUT2D eigenvalue weighted by molar-refractivity contribution is 7.91. The topological polar surface area (TPSA) is 98.8 Å². The van der Waals surface area contributed by atoms with Gasteiger partial charge in [-0.05, 0) is 30.9 Å². The molecule has 1 aromatic rings. The molecule has 122 valence electrons. The Morgan fingerprint density at radius 2 is 2.00 bits per heavy atom. The van der Waals surface area contributed by atoms with E-state index in [1.165, 1.54) is 12.1 Å². The van der Waals surface area contributed by atoms with Crippen molar-refractivity contribution in [1.29, 1.82) is 0 Å². The van der Waals surface area contributed by atoms with E-state index in [9.17, 15) is 16.8 Å². The monoisotopic (exact) mass is 347 g/mol. The summed E-state index contributed by atoms with van der Waals surface area (Å²) >= 11 is 0. The van der Waals surface area contributed by atoms with E-state index in [2.05, 4.69) is 4.72 Å². The van der Waals surface area contributed by atoms with E-state index in [1.807, 2.05) is 0 Å². The molecule has 0 radical (unpaired) electrons. The van der Waals surface area contributed by atoms with Crippen LogP contribution in [0.15, 0.2) is 23.1 Å². The van der Waals surface area contributed by atoms with Gasteiger partial charge in [-0.2, -0.15) is 0 Å². The third-order valence-electron chi connectivity index (χ3n) is 3.83. The maximum absolute atomic E-state index is 12.2. The minimum absolute atomic E-state index is 0.0319. The van der Waals surface area contributed by atoms with Gasteiger partial charge in [0.05, 0.1) is 16.4 Å². The Morgan fingerprint density at radius 3 is 2.73 bits per heavy atom. The highest BCUT2D eigenvalue weighted by Gasteiger charge is 2.28. The van der Waals surface area contributed by atoms with Crippen molar-refractivity contribution in [2.24, 2.45) is 5.92 Å². The molecule has 2 aliphatic heterocycles. The molecular weight excluding hydrogens is 330 g/mol. The fourth-order valence-corrected chi connectivity index (χ4v) is 5.60. The second-order valence-electron chi connectivity index (χ2n) is 5.47. The molecule has 0 spiro atoms. The Hall–Kier alpha value is -1.32. The van der Waals surface area contributed by atoms with Gasteiger partial charge in [0, 0.05) is 12.6 Å². The summed E-state index contributed by atoms with van der Waals surface area (Å²) in [6, 6.07) is 4.43. The van der Waals surface area contributed by atoms with Gasteiger partial charge in [-0.15, -0.1) is 0 Å². The Balaban J connectivity index is 1.60. The molecule has 0 aromatic heterocycles. The standard InChI is InChI=1S/C13H17NO6S2/c15-21(16)6-4-10(8-21)3-5-14-22(17,18)11-1-2-12-13(7-11)20-9-19-12/h1-2,7,10,14H,3-6,8-9H2. The Kier molecular flexibility index (Phi) is 4.04. The van der Waals surface area contributed by atoms with Gasteiger partial charge in [-0.3, -0.25) is 0 Å². The molecule has 0 bridgehead atoms. The summed E-state index contributed by atoms with van der Waals surface area (Å²) in [6.07, 6.45) is 1.12. The van der Waals surface area contributed by atoms with Crippen molar-refractivity contribution in [2.45, 2.75) is 17.7 Å². The van der Waals surface area contributed by atoms with Crippen LogP contribution in [0.3, 0.4) is 0 Å². The van der Waals surface area contributed by atoms with Crippen LogP contribution in [0.2, 0.25) is 0 Å². The number of hydrogen-bond donors (Lipinski definition) is 1. The lowest BCUT2D eigenvalue weighted by atomic mass is 10.1. The zero-order valence-corrected chi connectivity index (χ0v) is 13.5. The number of rotatable bonds is 5. The van der Waals surface area contributed by atoms with E-state index in [-0.39, 0.29) is 35.7 Å². The molecule has 1 atom stereocenters. The Labute approximate surface area is 129 Å². The van der Waals surface area contributed by atoms with Gasteiger partial charge in [-0.25, -0.2) is 21.6 Å². The minimum atomic E-state index is -3.64. The molecule has 7 nitrogen and oxygen atoms in total. The summed E-state index contributed by atoms with van der Waals surface area (Å²) in [7, 11) is -6.57. The van der Waals surface area contributed by atoms with Crippen LogP contribution in [0.4, 0.5) is 0 Å². The summed E-state index contributed by atoms with van der Waals surface area (Å²) in [5.41, 5.74) is 0. The predicted octanol–water partition coefficient (Wildman–Crippen LogP) is 0.518. The van der Waals surface area contributed by atoms with Crippen molar-refractivity contribution in [3.8, 4) is 11.5 Å². The maximum atomic E-state index is 12.2. The van der Waals surface area contributed by atoms with Gasteiger partial charge in [0.1, 0.15) is 0 Å². The van der Waals surface area contributed by atoms with Crippen LogP contribution in [0, 0.1) is 5.92 Å². The molecule has 0 amide bonds. The highest BCUT2D eigenvalue weighted by Crippen LogP contribution is 2.33. The van der Waals surface area contributed by atoms with Crippen molar-refractivity contribution in [3.05, 3.63) is 18.2 Å². The van der Waals surface area contributed by atoms with Crippen molar-refractivity contribution >= 4 is 19.9 Å². The predicted molar refractivity (Wildman–Crippen MR) is 79.1 cm³/mol. The van der Waals surface area contributed by atoms with E-state index in [1.54, 1.807) is 6.07 Å². The van der Waals surface area contributed by atoms with Crippen LogP contribution >= 0.6 is 0 Å². The fraction of sp³-hybridized carbons (Fsp3) is 0.538. The second kappa shape index (κ2) is 5.71. The summed E-state index contributed by atoms with van der Waals surface area (Å²) in [5.74, 6) is 1.31. The maximum Gasteiger partial charge on any atom is 0.240 e. The Morgan fingerprint density at radius 1 is 1.23 bits per heavy atom. The quantitative estimate of drug-likeness (QED) is 0.834. The van der Waals surface area contributed by atoms with E-state index in [4.69, 9.17) is 9.47 Å². The molecule has 1 aromatic carbocycles. The van der Waals surface area contributed by atoms with Crippen LogP contribution in [0.5, 0.6) is 11.5 Å². The number of sulfone groups is 1. The van der Waals surface area contributed by atoms with Gasteiger partial charge in [0.2, 0.25) is 16.8 Å². The molecule has 2 aliphatic rings. The summed E-state index contributed by atoms with van der Waals surface area (Å²) in [5, 5.41) is 0. The van der Waals surface area contributed by atoms with Crippen LogP contribution in [-0.4, -0.2) is 41.7 Å². The van der Waals surface area contributed by atoms with Gasteiger partial charge in [0.15, 0.2) is 21.3 Å². The van der Waals surface area contributed by atoms with Crippen molar-refractivity contribution in [1.82, 2.24) is 4.72 Å². The third-order valence-corrected chi connectivity index (χ3v) is 7.12. The SMILES string of the molecule is O=S1(=O)CCC(CCNS(=O)(=O)c2ccc3c(c2)OCO3)C1. The zero-order valence-electron chi connectivity index (χ0n) is 11.8. The molecule has 0 aliphatic carbocycles. The van der Waals surface area contributed by atoms with Crippen LogP contribution in [-0.2, 0) is 19.9 Å². The Bertz CT molecular complexity index is 772. The first-order valence-electron chi connectivity index (χ1n) is 6.95. The fourth-order valence-electron chi connectivity index (χ4n) is 2.62. The molecule has 22 heavy (non-hydrogen) atoms. The van der Waals surface area contributed by atoms with Crippen LogP contribution in [0.1, 0.15) is 12.8 Å². The summed E-state index contributed by atoms with van der Waals surface area (Å²) in [4.78, 5) is 0.107. The van der Waals surface area contributed by atoms with E-state index >= 15 is 0 Å². The lowest BCUT2D eigenvalue weighted by Gasteiger charge is -2.10. The van der Waals surface area contributed by atoms with E-state index < -0.39 is 19.9 Å². The summed E-state index contributed by atoms with van der Waals surface area (Å²) < 4.78 is 60.0. The number of ether oxygens (including phenoxy) is 2. The first kappa shape index (κ1) is 15.6. The molecule has 2 heterocycles. The lowest BCUT2D eigenvalue weighted by molar-refractivity contribution is 0.174. The minimum Gasteiger partial charge on any atom is -0.454 e. The number of benzene rings is 1. The molecule has 9 heteroatoms. The highest BCUT2D eigenvalue weighted by atomic mass is 32.2. The zero-order chi connectivity index (χ0) is 15.8. The van der Waals surface area contributed by atoms with Gasteiger partial charge >= 0.3 is 0 Å². The average Bonchev–Trinajstić information content (AvgIpc) is 3.04. The molecule has 1 unspecified atom stereocenters. The van der Waals surface area contributed by atoms with Crippen molar-refractivity contribution in [2.75, 3.05) is 24.8 Å². The molecule has 1 N–H and O–H groups in total. The van der Waals surface area contributed by atoms with Gasteiger partial charge < -0.3 is 9.47 Å². The van der Waals surface area contributed by atoms with Gasteiger partial charge in [-0.1, -0.05) is 0 Å². The largest absolute Gasteiger partial charge is 0.454 e. The van der Waals surface area contributed by atoms with E-state index in [0.29, 0.717) is 24.3 Å². The summed E-state index contributed by atoms with van der Waals surface area (Å²) in [6.45, 7) is 0.305. The third kappa shape index (κ3) is 3.36. The van der Waals surface area contributed by atoms with Crippen molar-refractivity contribution < 1.29 is 26.3 Å². The molecular formula is C13H17NO6S2. The second-order valence-corrected chi connectivity index (χ2v) is 9.47. The molecule has 3 rings (SSSR count). The van der Waals surface area contributed by atoms with Crippen molar-refractivity contribution in [3.63, 3.8) is 0 Å². The molecule has 1 fully saturated rings. The average molecular weight is 347 g/mol. The van der Waals surface area contributed by atoms with Gasteiger partial charge in [0.25, 0.3) is 0 Å². The molecule has 0 saturated carbocycles. The smallest absolute Gasteiger partial charge is 0.240 e. The number of sulfonamides is 1. The normalized spacial score (nSPS) is 22.8. The first-order valence-corrected chi connectivity index (χ1v) is 10.3. The number of fused-ring (bicyclic) bond motifs is 1.